The van der Waals surface area contributed by atoms with Crippen molar-refractivity contribution in [2.75, 3.05) is 52.5 Å². The number of hydrogen-bond donors (Lipinski definition) is 1. The highest BCUT2D eigenvalue weighted by atomic mass is 32.1. The number of thiazole rings is 1. The van der Waals surface area contributed by atoms with Crippen molar-refractivity contribution in [2.24, 2.45) is 28.1 Å². The molecule has 4 atom stereocenters. The zero-order valence-corrected chi connectivity index (χ0v) is 30.2. The van der Waals surface area contributed by atoms with E-state index in [1.165, 1.54) is 22.4 Å². The van der Waals surface area contributed by atoms with Crippen molar-refractivity contribution in [1.82, 2.24) is 25.0 Å². The van der Waals surface area contributed by atoms with Crippen molar-refractivity contribution >= 4 is 35.0 Å². The Morgan fingerprint density at radius 2 is 1.71 bits per heavy atom. The summed E-state index contributed by atoms with van der Waals surface area (Å²) in [5.74, 6) is -1.80. The van der Waals surface area contributed by atoms with Crippen LogP contribution in [0.15, 0.2) is 11.7 Å². The van der Waals surface area contributed by atoms with Crippen molar-refractivity contribution in [3.05, 3.63) is 16.6 Å². The number of nitrogens with one attached hydrogen (secondary N) is 1. The molecule has 7 fully saturated rings. The van der Waals surface area contributed by atoms with E-state index in [4.69, 9.17) is 9.47 Å². The van der Waals surface area contributed by atoms with Crippen molar-refractivity contribution in [3.8, 4) is 0 Å². The van der Waals surface area contributed by atoms with Gasteiger partial charge in [0, 0.05) is 56.0 Å². The molecule has 0 unspecified atom stereocenters. The molecule has 2 aliphatic carbocycles. The SMILES string of the molecule is C[C@@H](OCC12CCC(CC1)OC2)[C@H](NC(=O)[C@@H]1CN(C(=O)c2cncs2)CC12CN(C(=O)[C@H]1CC1(C)C)C2)C(=O)N1CCC(OC(F)(F)F)CC1. The number of halogens is 3. The Morgan fingerprint density at radius 1 is 1.04 bits per heavy atom. The normalized spacial score (nSPS) is 30.9. The van der Waals surface area contributed by atoms with Gasteiger partial charge in [0.2, 0.25) is 17.7 Å². The molecular formula is C35H48F3N5O7S. The van der Waals surface area contributed by atoms with Crippen molar-refractivity contribution in [3.63, 3.8) is 0 Å². The van der Waals surface area contributed by atoms with Crippen LogP contribution in [0.2, 0.25) is 0 Å². The van der Waals surface area contributed by atoms with Crippen LogP contribution in [0.5, 0.6) is 0 Å². The van der Waals surface area contributed by atoms with Gasteiger partial charge in [0.05, 0.1) is 49.2 Å². The summed E-state index contributed by atoms with van der Waals surface area (Å²) in [5.41, 5.74) is 0.658. The number of amides is 4. The first kappa shape index (κ1) is 36.5. The number of rotatable bonds is 10. The maximum absolute atomic E-state index is 14.4. The zero-order valence-electron chi connectivity index (χ0n) is 29.4. The number of nitrogens with zero attached hydrogens (tertiary/aromatic N) is 4. The lowest BCUT2D eigenvalue weighted by Crippen LogP contribution is -2.65. The Labute approximate surface area is 299 Å². The van der Waals surface area contributed by atoms with Crippen LogP contribution in [-0.2, 0) is 28.6 Å². The van der Waals surface area contributed by atoms with Gasteiger partial charge in [-0.3, -0.25) is 28.9 Å². The molecule has 1 aromatic rings. The molecule has 0 radical (unpaired) electrons. The molecule has 6 heterocycles. The highest BCUT2D eigenvalue weighted by Crippen LogP contribution is 2.55. The van der Waals surface area contributed by atoms with Crippen LogP contribution in [0.1, 0.15) is 75.4 Å². The summed E-state index contributed by atoms with van der Waals surface area (Å²) in [6.07, 6.45) is -0.192. The number of carbonyl (C=O) groups excluding carboxylic acids is 4. The van der Waals surface area contributed by atoms with Crippen LogP contribution in [0.25, 0.3) is 0 Å². The molecule has 282 valence electrons. The summed E-state index contributed by atoms with van der Waals surface area (Å²) in [6, 6.07) is -1.12. The Kier molecular flexibility index (Phi) is 9.70. The van der Waals surface area contributed by atoms with Crippen LogP contribution in [0.4, 0.5) is 13.2 Å². The van der Waals surface area contributed by atoms with E-state index in [2.05, 4.69) is 28.9 Å². The second-order valence-corrected chi connectivity index (χ2v) is 17.4. The number of likely N-dealkylation sites (tertiary alicyclic amines) is 3. The zero-order chi connectivity index (χ0) is 36.3. The van der Waals surface area contributed by atoms with Crippen LogP contribution in [0.3, 0.4) is 0 Å². The number of ether oxygens (including phenoxy) is 3. The van der Waals surface area contributed by atoms with E-state index in [-0.39, 0.29) is 73.7 Å². The third kappa shape index (κ3) is 7.52. The lowest BCUT2D eigenvalue weighted by molar-refractivity contribution is -0.345. The average Bonchev–Trinajstić information content (AvgIpc) is 3.44. The van der Waals surface area contributed by atoms with Gasteiger partial charge in [-0.25, -0.2) is 0 Å². The highest BCUT2D eigenvalue weighted by Gasteiger charge is 2.62. The Bertz CT molecular complexity index is 1470. The lowest BCUT2D eigenvalue weighted by Gasteiger charge is -2.50. The van der Waals surface area contributed by atoms with Gasteiger partial charge >= 0.3 is 6.36 Å². The molecule has 1 N–H and O–H groups in total. The second kappa shape index (κ2) is 13.5. The molecule has 4 amide bonds. The molecule has 0 aromatic carbocycles. The van der Waals surface area contributed by atoms with Crippen LogP contribution in [-0.4, -0.2) is 127 Å². The molecule has 7 aliphatic rings. The molecule has 8 rings (SSSR count). The first-order valence-corrected chi connectivity index (χ1v) is 19.0. The van der Waals surface area contributed by atoms with Gasteiger partial charge in [0.25, 0.3) is 5.91 Å². The molecule has 16 heteroatoms. The number of carbonyl (C=O) groups is 4. The molecular weight excluding hydrogens is 691 g/mol. The fourth-order valence-electron chi connectivity index (χ4n) is 8.87. The van der Waals surface area contributed by atoms with Gasteiger partial charge in [0.15, 0.2) is 0 Å². The fraction of sp³-hybridized carbons (Fsp3) is 0.800. The maximum atomic E-state index is 14.4. The van der Waals surface area contributed by atoms with E-state index in [0.717, 1.165) is 32.1 Å². The van der Waals surface area contributed by atoms with Crippen molar-refractivity contribution in [2.45, 2.75) is 96.4 Å². The third-order valence-corrected chi connectivity index (χ3v) is 13.1. The number of hydrogen-bond acceptors (Lipinski definition) is 9. The highest BCUT2D eigenvalue weighted by molar-refractivity contribution is 7.11. The van der Waals surface area contributed by atoms with Crippen LogP contribution in [0, 0.1) is 28.1 Å². The molecule has 5 saturated heterocycles. The topological polar surface area (TPSA) is 131 Å². The summed E-state index contributed by atoms with van der Waals surface area (Å²) >= 11 is 1.22. The van der Waals surface area contributed by atoms with Gasteiger partial charge in [-0.15, -0.1) is 24.5 Å². The summed E-state index contributed by atoms with van der Waals surface area (Å²) in [6.45, 7) is 7.89. The minimum absolute atomic E-state index is 0.00478. The first-order chi connectivity index (χ1) is 24.1. The van der Waals surface area contributed by atoms with Gasteiger partial charge in [-0.2, -0.15) is 0 Å². The molecule has 2 bridgehead atoms. The van der Waals surface area contributed by atoms with Gasteiger partial charge < -0.3 is 29.5 Å². The maximum Gasteiger partial charge on any atom is 0.522 e. The minimum atomic E-state index is -4.76. The van der Waals surface area contributed by atoms with Gasteiger partial charge in [-0.1, -0.05) is 13.8 Å². The largest absolute Gasteiger partial charge is 0.522 e. The van der Waals surface area contributed by atoms with Crippen LogP contribution >= 0.6 is 11.3 Å². The predicted octanol–water partition coefficient (Wildman–Crippen LogP) is 3.47. The monoisotopic (exact) mass is 739 g/mol. The summed E-state index contributed by atoms with van der Waals surface area (Å²) in [4.78, 5) is 64.8. The summed E-state index contributed by atoms with van der Waals surface area (Å²) in [7, 11) is 0. The van der Waals surface area contributed by atoms with Gasteiger partial charge in [0.1, 0.15) is 10.9 Å². The van der Waals surface area contributed by atoms with Gasteiger partial charge in [-0.05, 0) is 57.3 Å². The molecule has 1 aromatic heterocycles. The third-order valence-electron chi connectivity index (χ3n) is 12.4. The second-order valence-electron chi connectivity index (χ2n) is 16.5. The minimum Gasteiger partial charge on any atom is -0.378 e. The number of piperidine rings is 1. The average molecular weight is 740 g/mol. The first-order valence-electron chi connectivity index (χ1n) is 18.1. The smallest absolute Gasteiger partial charge is 0.378 e. The fourth-order valence-corrected chi connectivity index (χ4v) is 9.46. The molecule has 2 saturated carbocycles. The van der Waals surface area contributed by atoms with Crippen molar-refractivity contribution < 1.29 is 46.6 Å². The van der Waals surface area contributed by atoms with E-state index in [1.54, 1.807) is 22.2 Å². The molecule has 51 heavy (non-hydrogen) atoms. The number of alkyl halides is 3. The standard InChI is InChI=1S/C35H48F3N5O7S/c1-21(48-18-33-8-4-22(5-9-33)49-19-33)27(31(47)41-10-6-23(7-11-41)50-35(36,37)38)40-28(44)25-14-42(30(46)26-13-39-20-51-26)15-34(25)16-43(17-34)29(45)24-12-32(24,2)3/h13,20-25,27H,4-12,14-19H2,1-3H3,(H,40,44)/t21-,22?,24-,25+,27+,33?/m1/s1. The number of aromatic nitrogens is 1. The Balaban J connectivity index is 1.08. The summed E-state index contributed by atoms with van der Waals surface area (Å²) in [5, 5.41) is 2.99. The van der Waals surface area contributed by atoms with E-state index in [9.17, 15) is 32.3 Å². The predicted molar refractivity (Wildman–Crippen MR) is 177 cm³/mol. The Hall–Kier alpha value is -2.82. The van der Waals surface area contributed by atoms with E-state index < -0.39 is 47.8 Å². The van der Waals surface area contributed by atoms with E-state index >= 15 is 0 Å². The quantitative estimate of drug-likeness (QED) is 0.387. The van der Waals surface area contributed by atoms with E-state index in [1.807, 2.05) is 0 Å². The summed E-state index contributed by atoms with van der Waals surface area (Å²) < 4.78 is 55.3. The van der Waals surface area contributed by atoms with E-state index in [0.29, 0.717) is 31.2 Å². The molecule has 1 spiro atoms. The van der Waals surface area contributed by atoms with Crippen molar-refractivity contribution in [1.29, 1.82) is 0 Å². The number of fused-ring (bicyclic) bond motifs is 3. The molecule has 12 nitrogen and oxygen atoms in total. The Morgan fingerprint density at radius 3 is 2.27 bits per heavy atom. The lowest BCUT2D eigenvalue weighted by atomic mass is 9.70. The van der Waals surface area contributed by atoms with Crippen LogP contribution < -0.4 is 5.32 Å². The molecule has 5 aliphatic heterocycles.